The van der Waals surface area contributed by atoms with Gasteiger partial charge >= 0.3 is 0 Å². The number of benzene rings is 2. The van der Waals surface area contributed by atoms with Gasteiger partial charge in [-0.05, 0) is 43.2 Å². The molecule has 0 amide bonds. The molecule has 0 bridgehead atoms. The molecule has 1 saturated heterocycles. The lowest BCUT2D eigenvalue weighted by Gasteiger charge is -2.26. The summed E-state index contributed by atoms with van der Waals surface area (Å²) in [6, 6.07) is 14.7. The van der Waals surface area contributed by atoms with Crippen molar-refractivity contribution in [3.63, 3.8) is 0 Å². The van der Waals surface area contributed by atoms with Crippen molar-refractivity contribution in [2.24, 2.45) is 0 Å². The van der Waals surface area contributed by atoms with Gasteiger partial charge < -0.3 is 9.47 Å². The molecule has 1 aliphatic carbocycles. The Morgan fingerprint density at radius 3 is 2.61 bits per heavy atom. The molecular formula is C25H29ClN4O4S2. The number of halogens is 1. The molecule has 1 saturated carbocycles. The van der Waals surface area contributed by atoms with Crippen molar-refractivity contribution in [1.82, 2.24) is 19.1 Å². The molecule has 192 valence electrons. The summed E-state index contributed by atoms with van der Waals surface area (Å²) < 4.78 is 41.3. The van der Waals surface area contributed by atoms with E-state index in [1.165, 1.54) is 4.31 Å². The van der Waals surface area contributed by atoms with Crippen LogP contribution >= 0.6 is 23.4 Å². The fraction of sp³-hybridized carbons (Fsp3) is 0.440. The van der Waals surface area contributed by atoms with Gasteiger partial charge in [-0.25, -0.2) is 8.42 Å². The number of hydrogen-bond acceptors (Lipinski definition) is 7. The van der Waals surface area contributed by atoms with E-state index in [1.54, 1.807) is 36.0 Å². The average molecular weight is 549 g/mol. The third-order valence-corrected chi connectivity index (χ3v) is 9.47. The number of thioether (sulfide) groups is 1. The normalized spacial score (nSPS) is 17.5. The van der Waals surface area contributed by atoms with Gasteiger partial charge in [-0.2, -0.15) is 4.31 Å². The third-order valence-electron chi connectivity index (χ3n) is 6.43. The van der Waals surface area contributed by atoms with Crippen LogP contribution in [0.25, 0.3) is 11.4 Å². The van der Waals surface area contributed by atoms with Gasteiger partial charge in [0.2, 0.25) is 10.0 Å². The van der Waals surface area contributed by atoms with Crippen LogP contribution in [0.1, 0.15) is 31.7 Å². The Morgan fingerprint density at radius 1 is 1.06 bits per heavy atom. The molecule has 0 unspecified atom stereocenters. The van der Waals surface area contributed by atoms with Gasteiger partial charge in [-0.1, -0.05) is 54.4 Å². The van der Waals surface area contributed by atoms with E-state index < -0.39 is 10.0 Å². The Morgan fingerprint density at radius 2 is 1.83 bits per heavy atom. The summed E-state index contributed by atoms with van der Waals surface area (Å²) in [5, 5.41) is 10.5. The van der Waals surface area contributed by atoms with Crippen molar-refractivity contribution in [3.05, 3.63) is 53.6 Å². The predicted molar refractivity (Wildman–Crippen MR) is 140 cm³/mol. The standard InChI is InChI=1S/C25H29ClN4O4S2/c26-20-6-4-9-22(18-20)34-15-16-35-25-28-27-24(30(25)21-7-1-2-8-21)19-5-3-10-23(17-19)36(31,32)29-11-13-33-14-12-29/h3-6,9-10,17-18,21H,1-2,7-8,11-16H2. The fourth-order valence-electron chi connectivity index (χ4n) is 4.64. The van der Waals surface area contributed by atoms with Crippen molar-refractivity contribution in [1.29, 1.82) is 0 Å². The van der Waals surface area contributed by atoms with Crippen LogP contribution in [0.5, 0.6) is 5.75 Å². The van der Waals surface area contributed by atoms with Crippen molar-refractivity contribution in [3.8, 4) is 17.1 Å². The Kier molecular flexibility index (Phi) is 8.17. The van der Waals surface area contributed by atoms with Crippen molar-refractivity contribution >= 4 is 33.4 Å². The quantitative estimate of drug-likeness (QED) is 0.277. The number of ether oxygens (including phenoxy) is 2. The molecular weight excluding hydrogens is 520 g/mol. The summed E-state index contributed by atoms with van der Waals surface area (Å²) >= 11 is 7.63. The van der Waals surface area contributed by atoms with Crippen LogP contribution in [0.3, 0.4) is 0 Å². The van der Waals surface area contributed by atoms with Crippen LogP contribution in [0, 0.1) is 0 Å². The molecule has 2 aliphatic rings. The Hall–Kier alpha value is -2.11. The number of nitrogens with zero attached hydrogens (tertiary/aromatic N) is 4. The molecule has 0 N–H and O–H groups in total. The van der Waals surface area contributed by atoms with Crippen LogP contribution in [-0.4, -0.2) is 66.2 Å². The van der Waals surface area contributed by atoms with E-state index in [4.69, 9.17) is 21.1 Å². The SMILES string of the molecule is O=S(=O)(c1cccc(-c2nnc(SCCOc3cccc(Cl)c3)n2C2CCCC2)c1)N1CCOCC1. The molecule has 2 fully saturated rings. The van der Waals surface area contributed by atoms with Crippen molar-refractivity contribution in [2.45, 2.75) is 41.8 Å². The highest BCUT2D eigenvalue weighted by atomic mass is 35.5. The van der Waals surface area contributed by atoms with Crippen LogP contribution in [0.4, 0.5) is 0 Å². The van der Waals surface area contributed by atoms with Gasteiger partial charge in [0.1, 0.15) is 5.75 Å². The van der Waals surface area contributed by atoms with E-state index in [9.17, 15) is 8.42 Å². The summed E-state index contributed by atoms with van der Waals surface area (Å²) in [6.07, 6.45) is 4.44. The number of morpholine rings is 1. The summed E-state index contributed by atoms with van der Waals surface area (Å²) in [6.45, 7) is 2.06. The lowest BCUT2D eigenvalue weighted by atomic mass is 10.2. The third kappa shape index (κ3) is 5.73. The summed E-state index contributed by atoms with van der Waals surface area (Å²) in [7, 11) is -3.60. The van der Waals surface area contributed by atoms with E-state index in [2.05, 4.69) is 14.8 Å². The molecule has 2 aromatic carbocycles. The maximum absolute atomic E-state index is 13.2. The van der Waals surface area contributed by atoms with Gasteiger partial charge in [-0.3, -0.25) is 4.57 Å². The molecule has 36 heavy (non-hydrogen) atoms. The second kappa shape index (κ2) is 11.5. The highest BCUT2D eigenvalue weighted by molar-refractivity contribution is 7.99. The van der Waals surface area contributed by atoms with Crippen LogP contribution in [0.15, 0.2) is 58.6 Å². The van der Waals surface area contributed by atoms with Crippen molar-refractivity contribution < 1.29 is 17.9 Å². The monoisotopic (exact) mass is 548 g/mol. The summed E-state index contributed by atoms with van der Waals surface area (Å²) in [4.78, 5) is 0.270. The van der Waals surface area contributed by atoms with Crippen LogP contribution in [0.2, 0.25) is 5.02 Å². The molecule has 8 nitrogen and oxygen atoms in total. The number of aromatic nitrogens is 3. The topological polar surface area (TPSA) is 86.6 Å². The first-order chi connectivity index (χ1) is 17.5. The van der Waals surface area contributed by atoms with Crippen molar-refractivity contribution in [2.75, 3.05) is 38.7 Å². The minimum Gasteiger partial charge on any atom is -0.493 e. The van der Waals surface area contributed by atoms with Crippen LogP contribution in [-0.2, 0) is 14.8 Å². The largest absolute Gasteiger partial charge is 0.493 e. The van der Waals surface area contributed by atoms with Gasteiger partial charge in [-0.15, -0.1) is 10.2 Å². The smallest absolute Gasteiger partial charge is 0.243 e. The number of hydrogen-bond donors (Lipinski definition) is 0. The predicted octanol–water partition coefficient (Wildman–Crippen LogP) is 4.91. The maximum atomic E-state index is 13.2. The Labute approximate surface area is 221 Å². The fourth-order valence-corrected chi connectivity index (χ4v) is 7.10. The Balaban J connectivity index is 1.36. The van der Waals surface area contributed by atoms with Gasteiger partial charge in [0.25, 0.3) is 0 Å². The minimum atomic E-state index is -3.60. The summed E-state index contributed by atoms with van der Waals surface area (Å²) in [5.74, 6) is 2.14. The molecule has 2 heterocycles. The molecule has 0 spiro atoms. The molecule has 0 atom stereocenters. The van der Waals surface area contributed by atoms with E-state index in [-0.39, 0.29) is 4.90 Å². The Bertz CT molecular complexity index is 1290. The first kappa shape index (κ1) is 25.5. The first-order valence-corrected chi connectivity index (χ1v) is 15.0. The lowest BCUT2D eigenvalue weighted by molar-refractivity contribution is 0.0730. The van der Waals surface area contributed by atoms with Gasteiger partial charge in [0.15, 0.2) is 11.0 Å². The number of sulfonamides is 1. The zero-order chi connectivity index (χ0) is 25.0. The second-order valence-corrected chi connectivity index (χ2v) is 12.2. The van der Waals surface area contributed by atoms with Crippen LogP contribution < -0.4 is 4.74 Å². The molecule has 11 heteroatoms. The van der Waals surface area contributed by atoms with E-state index in [0.29, 0.717) is 55.6 Å². The van der Waals surface area contributed by atoms with E-state index in [0.717, 1.165) is 42.2 Å². The highest BCUT2D eigenvalue weighted by Gasteiger charge is 2.28. The summed E-state index contributed by atoms with van der Waals surface area (Å²) in [5.41, 5.74) is 0.755. The first-order valence-electron chi connectivity index (χ1n) is 12.2. The lowest BCUT2D eigenvalue weighted by Crippen LogP contribution is -2.40. The molecule has 1 aliphatic heterocycles. The molecule has 1 aromatic heterocycles. The van der Waals surface area contributed by atoms with Gasteiger partial charge in [0.05, 0.1) is 24.7 Å². The zero-order valence-electron chi connectivity index (χ0n) is 19.9. The molecule has 5 rings (SSSR count). The minimum absolute atomic E-state index is 0.270. The molecule has 0 radical (unpaired) electrons. The van der Waals surface area contributed by atoms with E-state index >= 15 is 0 Å². The molecule has 3 aromatic rings. The van der Waals surface area contributed by atoms with E-state index in [1.807, 2.05) is 24.3 Å². The highest BCUT2D eigenvalue weighted by Crippen LogP contribution is 2.37. The maximum Gasteiger partial charge on any atom is 0.243 e. The average Bonchev–Trinajstić information content (AvgIpc) is 3.57. The number of rotatable bonds is 9. The van der Waals surface area contributed by atoms with Gasteiger partial charge in [0, 0.05) is 35.5 Å². The second-order valence-electron chi connectivity index (χ2n) is 8.81. The zero-order valence-corrected chi connectivity index (χ0v) is 22.3.